The van der Waals surface area contributed by atoms with Gasteiger partial charge in [-0.15, -0.1) is 0 Å². The van der Waals surface area contributed by atoms with Crippen molar-refractivity contribution in [3.63, 3.8) is 0 Å². The number of pyridine rings is 1. The Bertz CT molecular complexity index is 675. The number of anilines is 1. The highest BCUT2D eigenvalue weighted by molar-refractivity contribution is 5.92. The molecule has 2 aromatic rings. The van der Waals surface area contributed by atoms with Gasteiger partial charge in [0, 0.05) is 42.8 Å². The number of para-hydroxylation sites is 1. The second kappa shape index (κ2) is 6.34. The third-order valence-electron chi connectivity index (χ3n) is 4.35. The van der Waals surface area contributed by atoms with Gasteiger partial charge < -0.3 is 10.2 Å². The molecule has 0 bridgehead atoms. The van der Waals surface area contributed by atoms with Gasteiger partial charge in [0.1, 0.15) is 0 Å². The molecule has 22 heavy (non-hydrogen) atoms. The Morgan fingerprint density at radius 1 is 1.32 bits per heavy atom. The maximum atomic E-state index is 11.2. The van der Waals surface area contributed by atoms with Crippen molar-refractivity contribution >= 4 is 22.5 Å². The molecule has 4 heteroatoms. The summed E-state index contributed by atoms with van der Waals surface area (Å²) in [6.45, 7) is 5.68. The molecule has 1 aliphatic rings. The van der Waals surface area contributed by atoms with E-state index in [1.807, 2.05) is 6.07 Å². The number of fused-ring (bicyclic) bond motifs is 1. The molecule has 3 rings (SSSR count). The summed E-state index contributed by atoms with van der Waals surface area (Å²) in [6, 6.07) is 10.9. The predicted octanol–water partition coefficient (Wildman–Crippen LogP) is 2.90. The first-order valence-corrected chi connectivity index (χ1v) is 8.08. The summed E-state index contributed by atoms with van der Waals surface area (Å²) in [6.07, 6.45) is 2.94. The van der Waals surface area contributed by atoms with Crippen LogP contribution in [0, 0.1) is 0 Å². The third kappa shape index (κ3) is 3.06. The minimum atomic E-state index is 0.0704. The number of carbonyl (C=O) groups is 1. The Kier molecular flexibility index (Phi) is 4.27. The first-order valence-electron chi connectivity index (χ1n) is 8.08. The van der Waals surface area contributed by atoms with Gasteiger partial charge in [0.05, 0.1) is 5.52 Å². The minimum Gasteiger partial charge on any atom is -0.371 e. The van der Waals surface area contributed by atoms with Gasteiger partial charge in [0.25, 0.3) is 0 Å². The van der Waals surface area contributed by atoms with Gasteiger partial charge in [-0.25, -0.2) is 0 Å². The molecule has 1 aliphatic heterocycles. The number of nitrogens with zero attached hydrogens (tertiary/aromatic N) is 2. The topological polar surface area (TPSA) is 45.2 Å². The van der Waals surface area contributed by atoms with Crippen LogP contribution in [-0.4, -0.2) is 30.0 Å². The van der Waals surface area contributed by atoms with Crippen LogP contribution in [0.25, 0.3) is 10.9 Å². The summed E-state index contributed by atoms with van der Waals surface area (Å²) < 4.78 is 0. The van der Waals surface area contributed by atoms with E-state index in [9.17, 15) is 4.79 Å². The van der Waals surface area contributed by atoms with Crippen molar-refractivity contribution in [2.45, 2.75) is 39.2 Å². The Balaban J connectivity index is 1.86. The zero-order chi connectivity index (χ0) is 15.5. The van der Waals surface area contributed by atoms with Gasteiger partial charge in [0.15, 0.2) is 0 Å². The average Bonchev–Trinajstić information content (AvgIpc) is 2.54. The van der Waals surface area contributed by atoms with E-state index in [4.69, 9.17) is 4.98 Å². The van der Waals surface area contributed by atoms with Gasteiger partial charge in [-0.1, -0.05) is 25.1 Å². The molecule has 0 radical (unpaired) electrons. The molecular formula is C18H23N3O. The molecule has 1 N–H and O–H groups in total. The number of hydrogen-bond acceptors (Lipinski definition) is 3. The Morgan fingerprint density at radius 2 is 2.05 bits per heavy atom. The quantitative estimate of drug-likeness (QED) is 0.947. The summed E-state index contributed by atoms with van der Waals surface area (Å²) in [4.78, 5) is 18.3. The first kappa shape index (κ1) is 14.8. The summed E-state index contributed by atoms with van der Waals surface area (Å²) >= 11 is 0. The lowest BCUT2D eigenvalue weighted by molar-refractivity contribution is -0.119. The average molecular weight is 297 g/mol. The maximum absolute atomic E-state index is 11.2. The van der Waals surface area contributed by atoms with Crippen LogP contribution in [0.2, 0.25) is 0 Å². The van der Waals surface area contributed by atoms with E-state index in [0.29, 0.717) is 6.04 Å². The molecule has 0 saturated carbocycles. The molecule has 0 unspecified atom stereocenters. The van der Waals surface area contributed by atoms with Gasteiger partial charge in [-0.05, 0) is 31.4 Å². The molecule has 1 fully saturated rings. The Labute approximate surface area is 131 Å². The lowest BCUT2D eigenvalue weighted by Gasteiger charge is -2.34. The minimum absolute atomic E-state index is 0.0704. The van der Waals surface area contributed by atoms with Crippen LogP contribution < -0.4 is 10.2 Å². The fourth-order valence-electron chi connectivity index (χ4n) is 3.21. The van der Waals surface area contributed by atoms with Crippen LogP contribution in [0.15, 0.2) is 30.3 Å². The maximum Gasteiger partial charge on any atom is 0.217 e. The van der Waals surface area contributed by atoms with Crippen molar-refractivity contribution in [2.24, 2.45) is 0 Å². The molecule has 1 saturated heterocycles. The van der Waals surface area contributed by atoms with Crippen molar-refractivity contribution in [1.29, 1.82) is 0 Å². The number of nitrogens with one attached hydrogen (secondary N) is 1. The molecule has 1 amide bonds. The monoisotopic (exact) mass is 297 g/mol. The lowest BCUT2D eigenvalue weighted by Crippen LogP contribution is -2.44. The summed E-state index contributed by atoms with van der Waals surface area (Å²) in [5, 5.41) is 4.26. The van der Waals surface area contributed by atoms with Crippen molar-refractivity contribution in [3.05, 3.63) is 36.0 Å². The molecular weight excluding hydrogens is 274 g/mol. The zero-order valence-electron chi connectivity index (χ0n) is 13.3. The molecule has 2 heterocycles. The SMILES string of the molecule is CCc1cc(N2CCC(NC(C)=O)CC2)c2ccccc2n1. The van der Waals surface area contributed by atoms with Crippen LogP contribution in [0.4, 0.5) is 5.69 Å². The number of carbonyl (C=O) groups excluding carboxylic acids is 1. The molecule has 0 aliphatic carbocycles. The molecule has 0 spiro atoms. The molecule has 0 atom stereocenters. The second-order valence-electron chi connectivity index (χ2n) is 5.97. The fraction of sp³-hybridized carbons (Fsp3) is 0.444. The highest BCUT2D eigenvalue weighted by atomic mass is 16.1. The van der Waals surface area contributed by atoms with Crippen molar-refractivity contribution in [2.75, 3.05) is 18.0 Å². The molecule has 1 aromatic heterocycles. The standard InChI is InChI=1S/C18H23N3O/c1-3-14-12-18(16-6-4-5-7-17(16)20-14)21-10-8-15(9-11-21)19-13(2)22/h4-7,12,15H,3,8-11H2,1-2H3,(H,19,22). The molecule has 4 nitrogen and oxygen atoms in total. The Morgan fingerprint density at radius 3 is 2.73 bits per heavy atom. The highest BCUT2D eigenvalue weighted by Crippen LogP contribution is 2.29. The normalized spacial score (nSPS) is 16.0. The summed E-state index contributed by atoms with van der Waals surface area (Å²) in [7, 11) is 0. The van der Waals surface area contributed by atoms with Crippen molar-refractivity contribution in [1.82, 2.24) is 10.3 Å². The number of amides is 1. The van der Waals surface area contributed by atoms with Crippen LogP contribution in [-0.2, 0) is 11.2 Å². The van der Waals surface area contributed by atoms with Gasteiger partial charge >= 0.3 is 0 Å². The number of aryl methyl sites for hydroxylation is 1. The highest BCUT2D eigenvalue weighted by Gasteiger charge is 2.21. The van der Waals surface area contributed by atoms with Crippen LogP contribution in [0.5, 0.6) is 0 Å². The van der Waals surface area contributed by atoms with Crippen LogP contribution in [0.1, 0.15) is 32.4 Å². The smallest absolute Gasteiger partial charge is 0.217 e. The van der Waals surface area contributed by atoms with Crippen LogP contribution in [0.3, 0.4) is 0 Å². The zero-order valence-corrected chi connectivity index (χ0v) is 13.3. The third-order valence-corrected chi connectivity index (χ3v) is 4.35. The Hall–Kier alpha value is -2.10. The number of piperidine rings is 1. The van der Waals surface area contributed by atoms with Gasteiger partial charge in [-0.2, -0.15) is 0 Å². The number of aromatic nitrogens is 1. The van der Waals surface area contributed by atoms with Crippen molar-refractivity contribution in [3.8, 4) is 0 Å². The molecule has 116 valence electrons. The van der Waals surface area contributed by atoms with E-state index in [1.54, 1.807) is 6.92 Å². The van der Waals surface area contributed by atoms with E-state index in [0.717, 1.165) is 43.6 Å². The second-order valence-corrected chi connectivity index (χ2v) is 5.97. The lowest BCUT2D eigenvalue weighted by atomic mass is 10.0. The van der Waals surface area contributed by atoms with E-state index in [1.165, 1.54) is 11.1 Å². The van der Waals surface area contributed by atoms with E-state index < -0.39 is 0 Å². The van der Waals surface area contributed by atoms with Crippen molar-refractivity contribution < 1.29 is 4.79 Å². The number of hydrogen-bond donors (Lipinski definition) is 1. The van der Waals surface area contributed by atoms with E-state index in [-0.39, 0.29) is 5.91 Å². The number of rotatable bonds is 3. The molecule has 1 aromatic carbocycles. The van der Waals surface area contributed by atoms with Gasteiger partial charge in [-0.3, -0.25) is 9.78 Å². The predicted molar refractivity (Wildman–Crippen MR) is 90.2 cm³/mol. The van der Waals surface area contributed by atoms with E-state index >= 15 is 0 Å². The van der Waals surface area contributed by atoms with Gasteiger partial charge in [0.2, 0.25) is 5.91 Å². The summed E-state index contributed by atoms with van der Waals surface area (Å²) in [5.74, 6) is 0.0704. The first-order chi connectivity index (χ1) is 10.7. The van der Waals surface area contributed by atoms with Crippen LogP contribution >= 0.6 is 0 Å². The summed E-state index contributed by atoms with van der Waals surface area (Å²) in [5.41, 5.74) is 3.49. The van der Waals surface area contributed by atoms with E-state index in [2.05, 4.69) is 41.4 Å². The fourth-order valence-corrected chi connectivity index (χ4v) is 3.21. The largest absolute Gasteiger partial charge is 0.371 e. The number of benzene rings is 1.